The molecule has 0 atom stereocenters. The molecule has 172 valence electrons. The Hall–Kier alpha value is -4.05. The molecule has 33 heavy (non-hydrogen) atoms. The van der Waals surface area contributed by atoms with E-state index in [9.17, 15) is 18.0 Å². The van der Waals surface area contributed by atoms with Crippen LogP contribution in [0.15, 0.2) is 83.8 Å². The topological polar surface area (TPSA) is 123 Å². The first kappa shape index (κ1) is 23.6. The van der Waals surface area contributed by atoms with Crippen molar-refractivity contribution in [2.45, 2.75) is 4.90 Å². The molecule has 0 saturated carbocycles. The van der Waals surface area contributed by atoms with E-state index in [0.717, 1.165) is 0 Å². The molecule has 3 aromatic carbocycles. The third-order valence-electron chi connectivity index (χ3n) is 4.34. The molecule has 3 aromatic rings. The number of anilines is 2. The first-order valence-electron chi connectivity index (χ1n) is 9.88. The highest BCUT2D eigenvalue weighted by Gasteiger charge is 2.17. The predicted molar refractivity (Wildman–Crippen MR) is 124 cm³/mol. The van der Waals surface area contributed by atoms with E-state index < -0.39 is 21.8 Å². The molecule has 0 fully saturated rings. The van der Waals surface area contributed by atoms with Gasteiger partial charge in [-0.05, 0) is 42.5 Å². The second-order valence-electron chi connectivity index (χ2n) is 6.76. The minimum Gasteiger partial charge on any atom is -0.495 e. The van der Waals surface area contributed by atoms with Gasteiger partial charge in [0.2, 0.25) is 5.91 Å². The van der Waals surface area contributed by atoms with E-state index in [2.05, 4.69) is 15.4 Å². The summed E-state index contributed by atoms with van der Waals surface area (Å²) in [6, 6.07) is 21.2. The number of hydrogen-bond donors (Lipinski definition) is 3. The van der Waals surface area contributed by atoms with Gasteiger partial charge in [0.25, 0.3) is 15.9 Å². The van der Waals surface area contributed by atoms with E-state index in [1.54, 1.807) is 54.6 Å². The summed E-state index contributed by atoms with van der Waals surface area (Å²) >= 11 is 0. The maximum absolute atomic E-state index is 12.8. The van der Waals surface area contributed by atoms with Crippen molar-refractivity contribution >= 4 is 33.2 Å². The average Bonchev–Trinajstić information content (AvgIpc) is 2.82. The van der Waals surface area contributed by atoms with E-state index in [1.807, 2.05) is 6.07 Å². The fourth-order valence-electron chi connectivity index (χ4n) is 2.77. The summed E-state index contributed by atoms with van der Waals surface area (Å²) in [5.74, 6) is -0.0731. The van der Waals surface area contributed by atoms with Crippen LogP contribution in [-0.2, 0) is 19.6 Å². The van der Waals surface area contributed by atoms with E-state index >= 15 is 0 Å². The smallest absolute Gasteiger partial charge is 0.262 e. The fourth-order valence-corrected chi connectivity index (χ4v) is 3.89. The number of sulfonamides is 1. The molecule has 0 aromatic heterocycles. The van der Waals surface area contributed by atoms with Crippen molar-refractivity contribution in [2.24, 2.45) is 0 Å². The highest BCUT2D eigenvalue weighted by molar-refractivity contribution is 7.92. The molecular weight excluding hydrogens is 446 g/mol. The van der Waals surface area contributed by atoms with Crippen molar-refractivity contribution in [3.8, 4) is 11.5 Å². The summed E-state index contributed by atoms with van der Waals surface area (Å²) in [6.07, 6.45) is 0. The monoisotopic (exact) mass is 469 g/mol. The van der Waals surface area contributed by atoms with Gasteiger partial charge in [-0.2, -0.15) is 0 Å². The quantitative estimate of drug-likeness (QED) is 0.420. The molecule has 9 nitrogen and oxygen atoms in total. The number of carbonyl (C=O) groups excluding carboxylic acids is 2. The molecule has 0 spiro atoms. The lowest BCUT2D eigenvalue weighted by Gasteiger charge is -2.13. The highest BCUT2D eigenvalue weighted by atomic mass is 32.2. The zero-order valence-electron chi connectivity index (χ0n) is 17.8. The van der Waals surface area contributed by atoms with Crippen LogP contribution < -0.4 is 24.8 Å². The molecule has 0 aliphatic carbocycles. The third-order valence-corrected chi connectivity index (χ3v) is 5.70. The summed E-state index contributed by atoms with van der Waals surface area (Å²) < 4.78 is 38.5. The molecule has 10 heteroatoms. The Bertz CT molecular complexity index is 1220. The SMILES string of the molecule is COc1ccccc1NS(=O)(=O)c1cccc(NC(=O)CNC(=O)COc2ccccc2)c1. The maximum atomic E-state index is 12.8. The van der Waals surface area contributed by atoms with Crippen LogP contribution in [0.4, 0.5) is 11.4 Å². The van der Waals surface area contributed by atoms with Crippen molar-refractivity contribution in [1.82, 2.24) is 5.32 Å². The summed E-state index contributed by atoms with van der Waals surface area (Å²) in [5.41, 5.74) is 0.549. The zero-order valence-corrected chi connectivity index (χ0v) is 18.6. The van der Waals surface area contributed by atoms with Gasteiger partial charge in [0, 0.05) is 5.69 Å². The lowest BCUT2D eigenvalue weighted by atomic mass is 10.3. The molecule has 0 radical (unpaired) electrons. The Kier molecular flexibility index (Phi) is 7.87. The number of amides is 2. The Morgan fingerprint density at radius 3 is 2.36 bits per heavy atom. The number of ether oxygens (including phenoxy) is 2. The molecule has 0 aliphatic rings. The standard InChI is InChI=1S/C23H23N3O6S/c1-31-21-13-6-5-12-20(21)26-33(29,30)19-11-7-8-17(14-19)25-22(27)15-24-23(28)16-32-18-9-3-2-4-10-18/h2-14,26H,15-16H2,1H3,(H,24,28)(H,25,27). The van der Waals surface area contributed by atoms with Crippen LogP contribution in [0, 0.1) is 0 Å². The van der Waals surface area contributed by atoms with Crippen LogP contribution in [0.3, 0.4) is 0 Å². The Balaban J connectivity index is 1.55. The molecule has 0 unspecified atom stereocenters. The fraction of sp³-hybridized carbons (Fsp3) is 0.130. The minimum atomic E-state index is -3.93. The second kappa shape index (κ2) is 11.0. The van der Waals surface area contributed by atoms with Gasteiger partial charge >= 0.3 is 0 Å². The Labute approximate surface area is 191 Å². The van der Waals surface area contributed by atoms with E-state index in [-0.39, 0.29) is 29.4 Å². The normalized spacial score (nSPS) is 10.7. The minimum absolute atomic E-state index is 0.0495. The second-order valence-corrected chi connectivity index (χ2v) is 8.44. The lowest BCUT2D eigenvalue weighted by Crippen LogP contribution is -2.35. The number of benzene rings is 3. The van der Waals surface area contributed by atoms with Crippen molar-refractivity contribution in [2.75, 3.05) is 30.3 Å². The van der Waals surface area contributed by atoms with Crippen molar-refractivity contribution in [1.29, 1.82) is 0 Å². The largest absolute Gasteiger partial charge is 0.495 e. The van der Waals surface area contributed by atoms with Gasteiger partial charge in [0.1, 0.15) is 11.5 Å². The van der Waals surface area contributed by atoms with Crippen molar-refractivity contribution in [3.63, 3.8) is 0 Å². The Morgan fingerprint density at radius 2 is 1.61 bits per heavy atom. The molecule has 2 amide bonds. The van der Waals surface area contributed by atoms with E-state index in [4.69, 9.17) is 9.47 Å². The van der Waals surface area contributed by atoms with Crippen LogP contribution >= 0.6 is 0 Å². The number of carbonyl (C=O) groups is 2. The van der Waals surface area contributed by atoms with Gasteiger partial charge in [0.15, 0.2) is 6.61 Å². The summed E-state index contributed by atoms with van der Waals surface area (Å²) in [4.78, 5) is 24.0. The lowest BCUT2D eigenvalue weighted by molar-refractivity contribution is -0.125. The van der Waals surface area contributed by atoms with Crippen LogP contribution in [0.5, 0.6) is 11.5 Å². The number of hydrogen-bond acceptors (Lipinski definition) is 6. The van der Waals surface area contributed by atoms with Crippen LogP contribution in [0.2, 0.25) is 0 Å². The molecule has 3 rings (SSSR count). The van der Waals surface area contributed by atoms with Gasteiger partial charge < -0.3 is 20.1 Å². The van der Waals surface area contributed by atoms with Crippen LogP contribution in [0.25, 0.3) is 0 Å². The maximum Gasteiger partial charge on any atom is 0.262 e. The Morgan fingerprint density at radius 1 is 0.879 bits per heavy atom. The number of rotatable bonds is 10. The molecular formula is C23H23N3O6S. The van der Waals surface area contributed by atoms with Gasteiger partial charge in [-0.25, -0.2) is 8.42 Å². The summed E-state index contributed by atoms with van der Waals surface area (Å²) in [7, 11) is -2.49. The van der Waals surface area contributed by atoms with Gasteiger partial charge in [-0.1, -0.05) is 36.4 Å². The highest BCUT2D eigenvalue weighted by Crippen LogP contribution is 2.26. The summed E-state index contributed by atoms with van der Waals surface area (Å²) in [6.45, 7) is -0.535. The zero-order chi connectivity index (χ0) is 23.7. The number of nitrogens with one attached hydrogen (secondary N) is 3. The van der Waals surface area contributed by atoms with Gasteiger partial charge in [0.05, 0.1) is 24.2 Å². The van der Waals surface area contributed by atoms with Crippen molar-refractivity contribution < 1.29 is 27.5 Å². The van der Waals surface area contributed by atoms with Crippen molar-refractivity contribution in [3.05, 3.63) is 78.9 Å². The number of methoxy groups -OCH3 is 1. The van der Waals surface area contributed by atoms with E-state index in [0.29, 0.717) is 11.5 Å². The average molecular weight is 470 g/mol. The molecule has 3 N–H and O–H groups in total. The first-order valence-corrected chi connectivity index (χ1v) is 11.4. The van der Waals surface area contributed by atoms with Gasteiger partial charge in [-0.3, -0.25) is 14.3 Å². The molecule has 0 bridgehead atoms. The number of para-hydroxylation sites is 3. The summed E-state index contributed by atoms with van der Waals surface area (Å²) in [5, 5.41) is 5.00. The van der Waals surface area contributed by atoms with Crippen LogP contribution in [0.1, 0.15) is 0 Å². The van der Waals surface area contributed by atoms with Gasteiger partial charge in [-0.15, -0.1) is 0 Å². The third kappa shape index (κ3) is 6.97. The molecule has 0 aliphatic heterocycles. The first-order chi connectivity index (χ1) is 15.9. The predicted octanol–water partition coefficient (Wildman–Crippen LogP) is 2.63. The molecule has 0 saturated heterocycles. The van der Waals surface area contributed by atoms with E-state index in [1.165, 1.54) is 25.3 Å². The molecule has 0 heterocycles. The van der Waals surface area contributed by atoms with Crippen LogP contribution in [-0.4, -0.2) is 40.5 Å².